The van der Waals surface area contributed by atoms with Crippen LogP contribution in [0.1, 0.15) is 15.9 Å². The van der Waals surface area contributed by atoms with Crippen LogP contribution in [0.25, 0.3) is 0 Å². The zero-order chi connectivity index (χ0) is 21.6. The van der Waals surface area contributed by atoms with Crippen molar-refractivity contribution in [2.45, 2.75) is 5.75 Å². The number of nitrogens with zero attached hydrogens (tertiary/aromatic N) is 2. The fourth-order valence-electron chi connectivity index (χ4n) is 3.16. The molecule has 1 amide bonds. The Hall–Kier alpha value is -2.91. The molecule has 1 fully saturated rings. The summed E-state index contributed by atoms with van der Waals surface area (Å²) in [5.74, 6) is -0.393. The molecule has 0 aromatic heterocycles. The number of hydrogen-bond donors (Lipinski definition) is 0. The van der Waals surface area contributed by atoms with E-state index in [4.69, 9.17) is 4.74 Å². The van der Waals surface area contributed by atoms with Crippen molar-refractivity contribution in [1.82, 2.24) is 9.21 Å². The molecule has 1 aliphatic heterocycles. The van der Waals surface area contributed by atoms with Gasteiger partial charge in [-0.3, -0.25) is 4.79 Å². The van der Waals surface area contributed by atoms with E-state index in [0.717, 1.165) is 5.56 Å². The van der Waals surface area contributed by atoms with Crippen molar-refractivity contribution in [2.75, 3.05) is 39.9 Å². The summed E-state index contributed by atoms with van der Waals surface area (Å²) in [7, 11) is -2.15. The molecule has 0 saturated carbocycles. The van der Waals surface area contributed by atoms with Gasteiger partial charge in [-0.2, -0.15) is 4.31 Å². The van der Waals surface area contributed by atoms with Gasteiger partial charge in [0.15, 0.2) is 6.61 Å². The molecule has 0 N–H and O–H groups in total. The molecule has 3 rings (SSSR count). The van der Waals surface area contributed by atoms with E-state index in [1.54, 1.807) is 35.2 Å². The van der Waals surface area contributed by atoms with Gasteiger partial charge in [-0.15, -0.1) is 0 Å². The Morgan fingerprint density at radius 2 is 1.67 bits per heavy atom. The molecule has 1 aliphatic rings. The van der Waals surface area contributed by atoms with Gasteiger partial charge in [0.2, 0.25) is 10.0 Å². The van der Waals surface area contributed by atoms with E-state index in [1.807, 2.05) is 18.2 Å². The third kappa shape index (κ3) is 5.58. The van der Waals surface area contributed by atoms with Gasteiger partial charge in [-0.25, -0.2) is 13.2 Å². The topological polar surface area (TPSA) is 93.2 Å². The number of ether oxygens (including phenoxy) is 2. The summed E-state index contributed by atoms with van der Waals surface area (Å²) in [5.41, 5.74) is 1.07. The molecule has 0 radical (unpaired) electrons. The van der Waals surface area contributed by atoms with Gasteiger partial charge in [0.1, 0.15) is 5.75 Å². The maximum Gasteiger partial charge on any atom is 0.337 e. The number of benzene rings is 2. The Bertz CT molecular complexity index is 986. The second kappa shape index (κ2) is 9.73. The summed E-state index contributed by atoms with van der Waals surface area (Å²) in [6, 6.07) is 15.4. The Labute approximate surface area is 176 Å². The number of rotatable bonds is 7. The Morgan fingerprint density at radius 1 is 0.967 bits per heavy atom. The van der Waals surface area contributed by atoms with Gasteiger partial charge in [0.05, 0.1) is 18.4 Å². The van der Waals surface area contributed by atoms with E-state index < -0.39 is 16.0 Å². The highest BCUT2D eigenvalue weighted by Gasteiger charge is 2.29. The first-order chi connectivity index (χ1) is 14.4. The second-order valence-electron chi connectivity index (χ2n) is 6.83. The minimum Gasteiger partial charge on any atom is -0.484 e. The van der Waals surface area contributed by atoms with Crippen molar-refractivity contribution in [3.63, 3.8) is 0 Å². The number of esters is 1. The maximum atomic E-state index is 12.6. The first-order valence-electron chi connectivity index (χ1n) is 9.50. The van der Waals surface area contributed by atoms with Gasteiger partial charge >= 0.3 is 5.97 Å². The summed E-state index contributed by atoms with van der Waals surface area (Å²) in [6.45, 7) is 0.912. The first kappa shape index (κ1) is 21.8. The van der Waals surface area contributed by atoms with Crippen molar-refractivity contribution in [2.24, 2.45) is 0 Å². The van der Waals surface area contributed by atoms with E-state index in [2.05, 4.69) is 4.74 Å². The SMILES string of the molecule is COC(=O)c1cccc(OCC(=O)N2CCN(S(=O)(=O)Cc3ccccc3)CC2)c1. The number of methoxy groups -OCH3 is 1. The average Bonchev–Trinajstić information content (AvgIpc) is 2.77. The normalized spacial score (nSPS) is 14.9. The molecule has 30 heavy (non-hydrogen) atoms. The van der Waals surface area contributed by atoms with Gasteiger partial charge in [-0.05, 0) is 23.8 Å². The maximum absolute atomic E-state index is 12.6. The van der Waals surface area contributed by atoms with Crippen molar-refractivity contribution in [1.29, 1.82) is 0 Å². The third-order valence-electron chi connectivity index (χ3n) is 4.79. The molecular weight excluding hydrogens is 408 g/mol. The average molecular weight is 432 g/mol. The molecular formula is C21H24N2O6S. The predicted octanol–water partition coefficient (Wildman–Crippen LogP) is 1.53. The lowest BCUT2D eigenvalue weighted by Gasteiger charge is -2.34. The van der Waals surface area contributed by atoms with Gasteiger partial charge < -0.3 is 14.4 Å². The number of amides is 1. The summed E-state index contributed by atoms with van der Waals surface area (Å²) in [6.07, 6.45) is 0. The standard InChI is InChI=1S/C21H24N2O6S/c1-28-21(25)18-8-5-9-19(14-18)29-15-20(24)22-10-12-23(13-11-22)30(26,27)16-17-6-3-2-4-7-17/h2-9,14H,10-13,15-16H2,1H3. The van der Waals surface area contributed by atoms with E-state index in [-0.39, 0.29) is 31.4 Å². The van der Waals surface area contributed by atoms with Crippen LogP contribution in [-0.4, -0.2) is 69.4 Å². The van der Waals surface area contributed by atoms with Crippen LogP contribution in [0.5, 0.6) is 5.75 Å². The van der Waals surface area contributed by atoms with Gasteiger partial charge in [0.25, 0.3) is 5.91 Å². The highest BCUT2D eigenvalue weighted by molar-refractivity contribution is 7.88. The monoisotopic (exact) mass is 432 g/mol. The number of carbonyl (C=O) groups excluding carboxylic acids is 2. The van der Waals surface area contributed by atoms with Crippen molar-refractivity contribution in [3.8, 4) is 5.75 Å². The molecule has 1 saturated heterocycles. The summed E-state index contributed by atoms with van der Waals surface area (Å²) < 4.78 is 36.8. The first-order valence-corrected chi connectivity index (χ1v) is 11.1. The van der Waals surface area contributed by atoms with Crippen LogP contribution in [0.4, 0.5) is 0 Å². The molecule has 160 valence electrons. The highest BCUT2D eigenvalue weighted by Crippen LogP contribution is 2.16. The molecule has 9 heteroatoms. The van der Waals surface area contributed by atoms with Crippen LogP contribution in [0, 0.1) is 0 Å². The molecule has 2 aromatic carbocycles. The predicted molar refractivity (Wildman–Crippen MR) is 110 cm³/mol. The van der Waals surface area contributed by atoms with E-state index >= 15 is 0 Å². The Balaban J connectivity index is 1.50. The fourth-order valence-corrected chi connectivity index (χ4v) is 4.67. The number of sulfonamides is 1. The van der Waals surface area contributed by atoms with Crippen LogP contribution in [0.3, 0.4) is 0 Å². The fraction of sp³-hybridized carbons (Fsp3) is 0.333. The number of carbonyl (C=O) groups is 2. The zero-order valence-electron chi connectivity index (χ0n) is 16.7. The van der Waals surface area contributed by atoms with Gasteiger partial charge in [0, 0.05) is 26.2 Å². The lowest BCUT2D eigenvalue weighted by molar-refractivity contribution is -0.134. The van der Waals surface area contributed by atoms with Crippen LogP contribution >= 0.6 is 0 Å². The smallest absolute Gasteiger partial charge is 0.337 e. The van der Waals surface area contributed by atoms with Gasteiger partial charge in [-0.1, -0.05) is 36.4 Å². The Kier molecular flexibility index (Phi) is 7.07. The Morgan fingerprint density at radius 3 is 2.33 bits per heavy atom. The molecule has 0 atom stereocenters. The van der Waals surface area contributed by atoms with Crippen molar-refractivity contribution in [3.05, 3.63) is 65.7 Å². The molecule has 2 aromatic rings. The van der Waals surface area contributed by atoms with Crippen molar-refractivity contribution >= 4 is 21.9 Å². The largest absolute Gasteiger partial charge is 0.484 e. The zero-order valence-corrected chi connectivity index (χ0v) is 17.5. The quantitative estimate of drug-likeness (QED) is 0.616. The minimum atomic E-state index is -3.44. The van der Waals surface area contributed by atoms with Crippen LogP contribution < -0.4 is 4.74 Å². The molecule has 0 aliphatic carbocycles. The van der Waals surface area contributed by atoms with E-state index in [9.17, 15) is 18.0 Å². The molecule has 0 bridgehead atoms. The summed E-state index contributed by atoms with van der Waals surface area (Å²) in [5, 5.41) is 0. The molecule has 1 heterocycles. The van der Waals surface area contributed by atoms with E-state index in [1.165, 1.54) is 17.5 Å². The lowest BCUT2D eigenvalue weighted by Crippen LogP contribution is -2.51. The summed E-state index contributed by atoms with van der Waals surface area (Å²) >= 11 is 0. The van der Waals surface area contributed by atoms with Crippen LogP contribution in [0.2, 0.25) is 0 Å². The third-order valence-corrected chi connectivity index (χ3v) is 6.64. The second-order valence-corrected chi connectivity index (χ2v) is 8.80. The minimum absolute atomic E-state index is 0.0541. The molecule has 0 spiro atoms. The van der Waals surface area contributed by atoms with Crippen LogP contribution in [-0.2, 0) is 25.3 Å². The number of piperazine rings is 1. The summed E-state index contributed by atoms with van der Waals surface area (Å²) in [4.78, 5) is 25.6. The van der Waals surface area contributed by atoms with Crippen molar-refractivity contribution < 1.29 is 27.5 Å². The lowest BCUT2D eigenvalue weighted by atomic mass is 10.2. The molecule has 8 nitrogen and oxygen atoms in total. The molecule has 0 unspecified atom stereocenters. The number of hydrogen-bond acceptors (Lipinski definition) is 6. The van der Waals surface area contributed by atoms with E-state index in [0.29, 0.717) is 24.4 Å². The highest BCUT2D eigenvalue weighted by atomic mass is 32.2. The van der Waals surface area contributed by atoms with Crippen LogP contribution in [0.15, 0.2) is 54.6 Å².